The number of hydrogen-bond acceptors (Lipinski definition) is 3. The molecule has 136 valence electrons. The summed E-state index contributed by atoms with van der Waals surface area (Å²) in [4.78, 5) is 20.4. The summed E-state index contributed by atoms with van der Waals surface area (Å²) in [6.45, 7) is 5.84. The molecule has 3 heterocycles. The predicted molar refractivity (Wildman–Crippen MR) is 107 cm³/mol. The number of anilines is 1. The van der Waals surface area contributed by atoms with Gasteiger partial charge in [-0.1, -0.05) is 11.6 Å². The van der Waals surface area contributed by atoms with Crippen LogP contribution in [-0.2, 0) is 0 Å². The predicted octanol–water partition coefficient (Wildman–Crippen LogP) is 4.58. The van der Waals surface area contributed by atoms with Crippen molar-refractivity contribution in [3.63, 3.8) is 0 Å². The van der Waals surface area contributed by atoms with Gasteiger partial charge in [-0.2, -0.15) is 5.10 Å². The number of fused-ring (bicyclic) bond motifs is 1. The number of aryl methyl sites for hydroxylation is 3. The third-order valence-corrected chi connectivity index (χ3v) is 4.59. The molecule has 1 aromatic carbocycles. The molecule has 7 heteroatoms. The summed E-state index contributed by atoms with van der Waals surface area (Å²) in [6.07, 6.45) is 0. The Hall–Kier alpha value is -3.12. The Morgan fingerprint density at radius 3 is 2.67 bits per heavy atom. The SMILES string of the molecule is Cc1cc(C)n(-c2ccc(Cl)c(C(=O)Nc3ccc4[nH]c(C)cc4c3)n2)n1. The van der Waals surface area contributed by atoms with Gasteiger partial charge < -0.3 is 10.3 Å². The van der Waals surface area contributed by atoms with Crippen molar-refractivity contribution in [3.05, 3.63) is 70.3 Å². The van der Waals surface area contributed by atoms with E-state index in [0.717, 1.165) is 28.0 Å². The molecule has 27 heavy (non-hydrogen) atoms. The lowest BCUT2D eigenvalue weighted by Crippen LogP contribution is -2.16. The van der Waals surface area contributed by atoms with Crippen LogP contribution in [0.3, 0.4) is 0 Å². The van der Waals surface area contributed by atoms with E-state index in [9.17, 15) is 4.79 Å². The first kappa shape index (κ1) is 17.3. The van der Waals surface area contributed by atoms with Gasteiger partial charge in [0.05, 0.1) is 10.7 Å². The molecule has 0 saturated heterocycles. The number of amides is 1. The molecule has 0 fully saturated rings. The number of nitrogens with zero attached hydrogens (tertiary/aromatic N) is 3. The van der Waals surface area contributed by atoms with Crippen LogP contribution in [0.1, 0.15) is 27.6 Å². The lowest BCUT2D eigenvalue weighted by Gasteiger charge is -2.09. The number of hydrogen-bond donors (Lipinski definition) is 2. The quantitative estimate of drug-likeness (QED) is 0.547. The molecular weight excluding hydrogens is 362 g/mol. The van der Waals surface area contributed by atoms with E-state index in [1.165, 1.54) is 0 Å². The second-order valence-corrected chi connectivity index (χ2v) is 6.95. The van der Waals surface area contributed by atoms with Crippen LogP contribution < -0.4 is 5.32 Å². The Morgan fingerprint density at radius 2 is 1.93 bits per heavy atom. The molecule has 0 aliphatic carbocycles. The van der Waals surface area contributed by atoms with Gasteiger partial charge in [0.2, 0.25) is 0 Å². The van der Waals surface area contributed by atoms with Crippen molar-refractivity contribution in [2.75, 3.05) is 5.32 Å². The topological polar surface area (TPSA) is 75.6 Å². The highest BCUT2D eigenvalue weighted by atomic mass is 35.5. The second-order valence-electron chi connectivity index (χ2n) is 6.55. The molecule has 2 N–H and O–H groups in total. The van der Waals surface area contributed by atoms with Gasteiger partial charge in [-0.15, -0.1) is 0 Å². The first-order valence-electron chi connectivity index (χ1n) is 8.51. The van der Waals surface area contributed by atoms with Gasteiger partial charge >= 0.3 is 0 Å². The van der Waals surface area contributed by atoms with Crippen molar-refractivity contribution >= 4 is 34.1 Å². The van der Waals surface area contributed by atoms with Crippen LogP contribution >= 0.6 is 11.6 Å². The molecule has 1 amide bonds. The van der Waals surface area contributed by atoms with Crippen LogP contribution in [0, 0.1) is 20.8 Å². The van der Waals surface area contributed by atoms with E-state index in [1.54, 1.807) is 16.8 Å². The molecule has 0 bridgehead atoms. The van der Waals surface area contributed by atoms with Crippen LogP contribution in [0.2, 0.25) is 5.02 Å². The zero-order chi connectivity index (χ0) is 19.1. The smallest absolute Gasteiger partial charge is 0.275 e. The molecule has 6 nitrogen and oxygen atoms in total. The van der Waals surface area contributed by atoms with Crippen LogP contribution in [0.5, 0.6) is 0 Å². The number of carbonyl (C=O) groups is 1. The van der Waals surface area contributed by atoms with Crippen molar-refractivity contribution in [1.29, 1.82) is 0 Å². The van der Waals surface area contributed by atoms with Crippen LogP contribution in [0.4, 0.5) is 5.69 Å². The normalized spacial score (nSPS) is 11.1. The summed E-state index contributed by atoms with van der Waals surface area (Å²) in [5.74, 6) is 0.182. The summed E-state index contributed by atoms with van der Waals surface area (Å²) in [7, 11) is 0. The summed E-state index contributed by atoms with van der Waals surface area (Å²) in [5.41, 5.74) is 4.74. The van der Waals surface area contributed by atoms with E-state index in [1.807, 2.05) is 51.1 Å². The number of nitrogens with one attached hydrogen (secondary N) is 2. The highest BCUT2D eigenvalue weighted by molar-refractivity contribution is 6.34. The monoisotopic (exact) mass is 379 g/mol. The van der Waals surface area contributed by atoms with E-state index in [4.69, 9.17) is 11.6 Å². The fraction of sp³-hybridized carbons (Fsp3) is 0.150. The minimum Gasteiger partial charge on any atom is -0.359 e. The van der Waals surface area contributed by atoms with Gasteiger partial charge in [-0.25, -0.2) is 9.67 Å². The number of pyridine rings is 1. The van der Waals surface area contributed by atoms with Crippen LogP contribution in [0.25, 0.3) is 16.7 Å². The molecule has 0 aliphatic heterocycles. The van der Waals surface area contributed by atoms with Gasteiger partial charge in [0.15, 0.2) is 5.82 Å². The molecule has 0 atom stereocenters. The summed E-state index contributed by atoms with van der Waals surface area (Å²) in [5, 5.41) is 8.59. The maximum Gasteiger partial charge on any atom is 0.275 e. The van der Waals surface area contributed by atoms with Crippen molar-refractivity contribution in [1.82, 2.24) is 19.7 Å². The number of halogens is 1. The average molecular weight is 380 g/mol. The fourth-order valence-electron chi connectivity index (χ4n) is 3.12. The Kier molecular flexibility index (Phi) is 4.20. The van der Waals surface area contributed by atoms with Crippen molar-refractivity contribution in [3.8, 4) is 5.82 Å². The number of aromatic nitrogens is 4. The van der Waals surface area contributed by atoms with E-state index >= 15 is 0 Å². The first-order valence-corrected chi connectivity index (χ1v) is 8.89. The Balaban J connectivity index is 1.66. The number of aromatic amines is 1. The molecular formula is C20H18ClN5O. The van der Waals surface area contributed by atoms with Crippen LogP contribution in [0.15, 0.2) is 42.5 Å². The molecule has 0 spiro atoms. The number of rotatable bonds is 3. The Labute approximate surface area is 161 Å². The molecule has 4 aromatic rings. The van der Waals surface area contributed by atoms with E-state index in [-0.39, 0.29) is 16.6 Å². The van der Waals surface area contributed by atoms with Gasteiger partial charge in [-0.3, -0.25) is 4.79 Å². The number of carbonyl (C=O) groups excluding carboxylic acids is 1. The summed E-state index contributed by atoms with van der Waals surface area (Å²) >= 11 is 6.23. The molecule has 0 aliphatic rings. The molecule has 3 aromatic heterocycles. The summed E-state index contributed by atoms with van der Waals surface area (Å²) in [6, 6.07) is 13.1. The standard InChI is InChI=1S/C20H18ClN5O/c1-11-9-14-10-15(4-6-17(14)22-11)23-20(27)19-16(21)5-7-18(24-19)26-13(3)8-12(2)25-26/h4-10,22H,1-3H3,(H,23,27). The minimum atomic E-state index is -0.366. The zero-order valence-corrected chi connectivity index (χ0v) is 15.9. The van der Waals surface area contributed by atoms with E-state index < -0.39 is 0 Å². The average Bonchev–Trinajstić information content (AvgIpc) is 3.15. The van der Waals surface area contributed by atoms with Gasteiger partial charge in [0, 0.05) is 28.0 Å². The minimum absolute atomic E-state index is 0.159. The third kappa shape index (κ3) is 3.31. The van der Waals surface area contributed by atoms with Gasteiger partial charge in [0.25, 0.3) is 5.91 Å². The molecule has 4 rings (SSSR count). The maximum absolute atomic E-state index is 12.8. The van der Waals surface area contributed by atoms with Gasteiger partial charge in [-0.05, 0) is 63.2 Å². The van der Waals surface area contributed by atoms with E-state index in [2.05, 4.69) is 20.4 Å². The fourth-order valence-corrected chi connectivity index (χ4v) is 3.31. The Bertz CT molecular complexity index is 1170. The molecule has 0 unspecified atom stereocenters. The molecule has 0 radical (unpaired) electrons. The molecule has 0 saturated carbocycles. The Morgan fingerprint density at radius 1 is 1.11 bits per heavy atom. The highest BCUT2D eigenvalue weighted by Gasteiger charge is 2.16. The number of benzene rings is 1. The van der Waals surface area contributed by atoms with Crippen molar-refractivity contribution in [2.45, 2.75) is 20.8 Å². The largest absolute Gasteiger partial charge is 0.359 e. The first-order chi connectivity index (χ1) is 12.9. The highest BCUT2D eigenvalue weighted by Crippen LogP contribution is 2.22. The maximum atomic E-state index is 12.8. The summed E-state index contributed by atoms with van der Waals surface area (Å²) < 4.78 is 1.69. The van der Waals surface area contributed by atoms with Gasteiger partial charge in [0.1, 0.15) is 5.69 Å². The van der Waals surface area contributed by atoms with Crippen molar-refractivity contribution < 1.29 is 4.79 Å². The zero-order valence-electron chi connectivity index (χ0n) is 15.2. The lowest BCUT2D eigenvalue weighted by molar-refractivity contribution is 0.102. The lowest BCUT2D eigenvalue weighted by atomic mass is 10.2. The van der Waals surface area contributed by atoms with E-state index in [0.29, 0.717) is 11.5 Å². The third-order valence-electron chi connectivity index (χ3n) is 4.29. The van der Waals surface area contributed by atoms with Crippen LogP contribution in [-0.4, -0.2) is 25.7 Å². The second kappa shape index (κ2) is 6.55. The van der Waals surface area contributed by atoms with Crippen molar-refractivity contribution in [2.24, 2.45) is 0 Å². The number of H-pyrrole nitrogens is 1.